The quantitative estimate of drug-likeness (QED) is 0.142. The van der Waals surface area contributed by atoms with E-state index in [2.05, 4.69) is 62.6 Å². The van der Waals surface area contributed by atoms with Crippen molar-refractivity contribution in [3.8, 4) is 0 Å². The number of hydrogen-bond acceptors (Lipinski definition) is 6. The zero-order chi connectivity index (χ0) is 29.0. The van der Waals surface area contributed by atoms with Gasteiger partial charge in [0.15, 0.2) is 0 Å². The van der Waals surface area contributed by atoms with Crippen molar-refractivity contribution in [3.63, 3.8) is 0 Å². The Kier molecular flexibility index (Phi) is 10.9. The van der Waals surface area contributed by atoms with Crippen molar-refractivity contribution in [1.82, 2.24) is 21.3 Å². The summed E-state index contributed by atoms with van der Waals surface area (Å²) >= 11 is 0. The molecule has 0 unspecified atom stereocenters. The standard InChI is InChI=1S/C32H41N7O2/c1-23(31(40)37-22-25-7-12-27(13-8-25)30(33)34)38-32(41)29(16-11-24-5-3-2-4-6-24)36-21-26-9-14-28(15-10-26)39-19-17-35-18-20-39/h2-10,12-15,23,29,35-36H,11,16-22H2,1H3,(H3,33,34)(H,37,40)(H,38,41)/t23-,29+/m0/s1. The Hall–Kier alpha value is -4.21. The van der Waals surface area contributed by atoms with E-state index in [4.69, 9.17) is 11.1 Å². The Morgan fingerprint density at radius 3 is 2.17 bits per heavy atom. The molecule has 1 heterocycles. The zero-order valence-electron chi connectivity index (χ0n) is 23.7. The molecule has 1 aliphatic rings. The number of rotatable bonds is 13. The first kappa shape index (κ1) is 29.8. The summed E-state index contributed by atoms with van der Waals surface area (Å²) in [6, 6.07) is 24.6. The van der Waals surface area contributed by atoms with Crippen LogP contribution in [0.1, 0.15) is 35.6 Å². The van der Waals surface area contributed by atoms with Gasteiger partial charge in [-0.05, 0) is 48.6 Å². The van der Waals surface area contributed by atoms with Gasteiger partial charge >= 0.3 is 0 Å². The van der Waals surface area contributed by atoms with E-state index in [0.717, 1.165) is 49.3 Å². The van der Waals surface area contributed by atoms with E-state index in [-0.39, 0.29) is 17.6 Å². The van der Waals surface area contributed by atoms with Gasteiger partial charge in [0.25, 0.3) is 0 Å². The summed E-state index contributed by atoms with van der Waals surface area (Å²) in [5.74, 6) is -0.467. The van der Waals surface area contributed by atoms with Gasteiger partial charge in [-0.15, -0.1) is 0 Å². The molecule has 41 heavy (non-hydrogen) atoms. The van der Waals surface area contributed by atoms with Crippen LogP contribution in [0.4, 0.5) is 5.69 Å². The van der Waals surface area contributed by atoms with Gasteiger partial charge in [0, 0.05) is 50.5 Å². The first-order valence-corrected chi connectivity index (χ1v) is 14.2. The van der Waals surface area contributed by atoms with E-state index >= 15 is 0 Å². The Morgan fingerprint density at radius 2 is 1.51 bits per heavy atom. The van der Waals surface area contributed by atoms with Crippen molar-refractivity contribution >= 4 is 23.3 Å². The number of amides is 2. The SMILES string of the molecule is C[C@H](NC(=O)[C@@H](CCc1ccccc1)NCc1ccc(N2CCNCC2)cc1)C(=O)NCc1ccc(C(=N)N)cc1. The van der Waals surface area contributed by atoms with Crippen molar-refractivity contribution in [2.24, 2.45) is 5.73 Å². The van der Waals surface area contributed by atoms with Gasteiger partial charge in [-0.2, -0.15) is 0 Å². The van der Waals surface area contributed by atoms with Gasteiger partial charge in [0.2, 0.25) is 11.8 Å². The molecule has 0 spiro atoms. The van der Waals surface area contributed by atoms with Gasteiger partial charge in [-0.3, -0.25) is 15.0 Å². The molecule has 0 bridgehead atoms. The summed E-state index contributed by atoms with van der Waals surface area (Å²) in [7, 11) is 0. The van der Waals surface area contributed by atoms with Crippen LogP contribution >= 0.6 is 0 Å². The predicted octanol–water partition coefficient (Wildman–Crippen LogP) is 2.29. The number of carbonyl (C=O) groups is 2. The molecule has 3 aromatic carbocycles. The number of hydrogen-bond donors (Lipinski definition) is 6. The maximum atomic E-state index is 13.3. The van der Waals surface area contributed by atoms with Crippen LogP contribution in [0.5, 0.6) is 0 Å². The molecule has 216 valence electrons. The topological polar surface area (TPSA) is 135 Å². The number of benzene rings is 3. The van der Waals surface area contributed by atoms with E-state index in [1.165, 1.54) is 5.69 Å². The predicted molar refractivity (Wildman–Crippen MR) is 164 cm³/mol. The third-order valence-corrected chi connectivity index (χ3v) is 7.34. The molecule has 1 aliphatic heterocycles. The number of nitrogens with one attached hydrogen (secondary N) is 5. The largest absolute Gasteiger partial charge is 0.384 e. The Bertz CT molecular complexity index is 1270. The number of piperazine rings is 1. The van der Waals surface area contributed by atoms with Crippen molar-refractivity contribution in [1.29, 1.82) is 5.41 Å². The second kappa shape index (κ2) is 15.0. The summed E-state index contributed by atoms with van der Waals surface area (Å²) in [5, 5.41) is 20.1. The lowest BCUT2D eigenvalue weighted by molar-refractivity contribution is -0.129. The molecule has 3 aromatic rings. The van der Waals surface area contributed by atoms with Gasteiger partial charge in [-0.25, -0.2) is 0 Å². The van der Waals surface area contributed by atoms with Gasteiger partial charge in [-0.1, -0.05) is 66.7 Å². The van der Waals surface area contributed by atoms with Crippen LogP contribution in [0.15, 0.2) is 78.9 Å². The van der Waals surface area contributed by atoms with Gasteiger partial charge in [0.05, 0.1) is 6.04 Å². The summed E-state index contributed by atoms with van der Waals surface area (Å²) in [5.41, 5.74) is 10.5. The van der Waals surface area contributed by atoms with Crippen molar-refractivity contribution in [2.75, 3.05) is 31.1 Å². The molecule has 2 amide bonds. The molecule has 9 nitrogen and oxygen atoms in total. The second-order valence-corrected chi connectivity index (χ2v) is 10.4. The number of nitrogen functional groups attached to an aromatic ring is 1. The number of aryl methyl sites for hydroxylation is 1. The fraction of sp³-hybridized carbons (Fsp3) is 0.344. The second-order valence-electron chi connectivity index (χ2n) is 10.4. The van der Waals surface area contributed by atoms with Crippen molar-refractivity contribution in [3.05, 3.63) is 101 Å². The smallest absolute Gasteiger partial charge is 0.242 e. The number of nitrogens with two attached hydrogens (primary N) is 1. The summed E-state index contributed by atoms with van der Waals surface area (Å²) in [4.78, 5) is 28.5. The fourth-order valence-corrected chi connectivity index (χ4v) is 4.79. The molecule has 2 atom stereocenters. The van der Waals surface area contributed by atoms with Gasteiger partial charge < -0.3 is 31.9 Å². The monoisotopic (exact) mass is 555 g/mol. The highest BCUT2D eigenvalue weighted by molar-refractivity contribution is 5.95. The number of anilines is 1. The van der Waals surface area contributed by atoms with E-state index in [1.807, 2.05) is 30.3 Å². The lowest BCUT2D eigenvalue weighted by Gasteiger charge is -2.29. The molecule has 1 fully saturated rings. The van der Waals surface area contributed by atoms with Gasteiger partial charge in [0.1, 0.15) is 11.9 Å². The minimum Gasteiger partial charge on any atom is -0.384 e. The summed E-state index contributed by atoms with van der Waals surface area (Å²) in [6.07, 6.45) is 1.34. The molecule has 0 aromatic heterocycles. The molecule has 1 saturated heterocycles. The van der Waals surface area contributed by atoms with Crippen LogP contribution in [0, 0.1) is 5.41 Å². The Balaban J connectivity index is 1.32. The summed E-state index contributed by atoms with van der Waals surface area (Å²) in [6.45, 7) is 6.53. The number of carbonyl (C=O) groups excluding carboxylic acids is 2. The lowest BCUT2D eigenvalue weighted by Crippen LogP contribution is -2.51. The molecular weight excluding hydrogens is 514 g/mol. The maximum absolute atomic E-state index is 13.3. The van der Waals surface area contributed by atoms with Crippen LogP contribution < -0.4 is 31.9 Å². The highest BCUT2D eigenvalue weighted by Gasteiger charge is 2.23. The molecule has 0 radical (unpaired) electrons. The summed E-state index contributed by atoms with van der Waals surface area (Å²) < 4.78 is 0. The molecule has 7 N–H and O–H groups in total. The highest BCUT2D eigenvalue weighted by Crippen LogP contribution is 2.16. The van der Waals surface area contributed by atoms with Crippen LogP contribution in [0.3, 0.4) is 0 Å². The van der Waals surface area contributed by atoms with Crippen molar-refractivity contribution < 1.29 is 9.59 Å². The average molecular weight is 556 g/mol. The normalized spacial score (nSPS) is 14.6. The zero-order valence-corrected chi connectivity index (χ0v) is 23.7. The minimum absolute atomic E-state index is 0.000386. The molecule has 9 heteroatoms. The number of amidine groups is 1. The third-order valence-electron chi connectivity index (χ3n) is 7.34. The van der Waals surface area contributed by atoms with E-state index < -0.39 is 12.1 Å². The highest BCUT2D eigenvalue weighted by atomic mass is 16.2. The molecule has 4 rings (SSSR count). The van der Waals surface area contributed by atoms with E-state index in [1.54, 1.807) is 19.1 Å². The molecule has 0 aliphatic carbocycles. The van der Waals surface area contributed by atoms with Crippen LogP contribution in [0.25, 0.3) is 0 Å². The maximum Gasteiger partial charge on any atom is 0.242 e. The van der Waals surface area contributed by atoms with E-state index in [9.17, 15) is 9.59 Å². The molecular formula is C32H41N7O2. The Morgan fingerprint density at radius 1 is 0.878 bits per heavy atom. The Labute approximate surface area is 242 Å². The van der Waals surface area contributed by atoms with Crippen LogP contribution in [-0.4, -0.2) is 55.9 Å². The van der Waals surface area contributed by atoms with Crippen LogP contribution in [0.2, 0.25) is 0 Å². The van der Waals surface area contributed by atoms with Crippen molar-refractivity contribution in [2.45, 2.75) is 44.9 Å². The third kappa shape index (κ3) is 9.16. The first-order valence-electron chi connectivity index (χ1n) is 14.2. The average Bonchev–Trinajstić information content (AvgIpc) is 3.01. The minimum atomic E-state index is -0.696. The lowest BCUT2D eigenvalue weighted by atomic mass is 10.0. The van der Waals surface area contributed by atoms with E-state index in [0.29, 0.717) is 25.1 Å². The van der Waals surface area contributed by atoms with Crippen LogP contribution in [-0.2, 0) is 29.1 Å². The molecule has 0 saturated carbocycles. The number of nitrogens with zero attached hydrogens (tertiary/aromatic N) is 1. The fourth-order valence-electron chi connectivity index (χ4n) is 4.79. The first-order chi connectivity index (χ1) is 19.9.